The van der Waals surface area contributed by atoms with Gasteiger partial charge in [0.2, 0.25) is 0 Å². The monoisotopic (exact) mass is 196 g/mol. The van der Waals surface area contributed by atoms with E-state index in [0.717, 1.165) is 17.9 Å². The number of hydrogen-bond donors (Lipinski definition) is 1. The van der Waals surface area contributed by atoms with E-state index in [4.69, 9.17) is 0 Å². The fourth-order valence-electron chi connectivity index (χ4n) is 2.80. The molecule has 2 unspecified atom stereocenters. The third-order valence-electron chi connectivity index (χ3n) is 3.92. The van der Waals surface area contributed by atoms with Crippen LogP contribution in [-0.4, -0.2) is 37.6 Å². The molecule has 0 spiro atoms. The van der Waals surface area contributed by atoms with Crippen LogP contribution in [0.15, 0.2) is 0 Å². The van der Waals surface area contributed by atoms with Gasteiger partial charge in [-0.05, 0) is 64.6 Å². The molecular weight excluding hydrogens is 172 g/mol. The van der Waals surface area contributed by atoms with Crippen molar-refractivity contribution in [2.45, 2.75) is 38.6 Å². The molecule has 0 bridgehead atoms. The Bertz CT molecular complexity index is 175. The predicted octanol–water partition coefficient (Wildman–Crippen LogP) is 1.72. The number of nitrogens with one attached hydrogen (secondary N) is 1. The maximum absolute atomic E-state index is 3.32. The van der Waals surface area contributed by atoms with Crippen LogP contribution in [0.2, 0.25) is 0 Å². The Balaban J connectivity index is 1.80. The first-order valence-corrected chi connectivity index (χ1v) is 6.20. The normalized spacial score (nSPS) is 31.7. The number of piperidine rings is 1. The summed E-state index contributed by atoms with van der Waals surface area (Å²) in [6, 6.07) is 0.856. The van der Waals surface area contributed by atoms with E-state index in [2.05, 4.69) is 24.2 Å². The zero-order chi connectivity index (χ0) is 9.97. The molecular formula is C12H24N2. The zero-order valence-electron chi connectivity index (χ0n) is 9.63. The zero-order valence-corrected chi connectivity index (χ0v) is 9.63. The summed E-state index contributed by atoms with van der Waals surface area (Å²) in [6.07, 6.45) is 5.79. The summed E-state index contributed by atoms with van der Waals surface area (Å²) in [5.74, 6) is 1.93. The maximum Gasteiger partial charge on any atom is 0.00953 e. The molecule has 0 aromatic heterocycles. The molecule has 1 saturated heterocycles. The van der Waals surface area contributed by atoms with Gasteiger partial charge in [-0.15, -0.1) is 0 Å². The van der Waals surface area contributed by atoms with Gasteiger partial charge in [0.1, 0.15) is 0 Å². The van der Waals surface area contributed by atoms with Gasteiger partial charge in [0, 0.05) is 12.6 Å². The quantitative estimate of drug-likeness (QED) is 0.736. The number of hydrogen-bond acceptors (Lipinski definition) is 2. The average molecular weight is 196 g/mol. The van der Waals surface area contributed by atoms with Crippen LogP contribution < -0.4 is 5.32 Å². The fraction of sp³-hybridized carbons (Fsp3) is 1.00. The Kier molecular flexibility index (Phi) is 3.45. The predicted molar refractivity (Wildman–Crippen MR) is 60.4 cm³/mol. The largest absolute Gasteiger partial charge is 0.319 e. The smallest absolute Gasteiger partial charge is 0.00953 e. The lowest BCUT2D eigenvalue weighted by molar-refractivity contribution is 0.119. The van der Waals surface area contributed by atoms with Crippen LogP contribution in [0, 0.1) is 11.8 Å². The summed E-state index contributed by atoms with van der Waals surface area (Å²) in [5, 5.41) is 3.32. The van der Waals surface area contributed by atoms with Crippen LogP contribution in [0.3, 0.4) is 0 Å². The fourth-order valence-corrected chi connectivity index (χ4v) is 2.80. The summed E-state index contributed by atoms with van der Waals surface area (Å²) in [7, 11) is 2.07. The minimum atomic E-state index is 0.856. The van der Waals surface area contributed by atoms with Crippen LogP contribution >= 0.6 is 0 Å². The number of rotatable bonds is 4. The molecule has 1 N–H and O–H groups in total. The molecule has 0 aromatic rings. The van der Waals surface area contributed by atoms with Crippen molar-refractivity contribution in [1.82, 2.24) is 10.2 Å². The average Bonchev–Trinajstić information content (AvgIpc) is 3.01. The second-order valence-electron chi connectivity index (χ2n) is 5.14. The summed E-state index contributed by atoms with van der Waals surface area (Å²) in [4.78, 5) is 2.73. The van der Waals surface area contributed by atoms with Gasteiger partial charge in [0.05, 0.1) is 0 Å². The molecule has 0 aromatic carbocycles. The summed E-state index contributed by atoms with van der Waals surface area (Å²) in [6.45, 7) is 6.31. The summed E-state index contributed by atoms with van der Waals surface area (Å²) in [5.41, 5.74) is 0. The van der Waals surface area contributed by atoms with Crippen molar-refractivity contribution in [2.24, 2.45) is 11.8 Å². The molecule has 1 aliphatic heterocycles. The highest BCUT2D eigenvalue weighted by molar-refractivity contribution is 4.87. The molecule has 2 fully saturated rings. The highest BCUT2D eigenvalue weighted by Crippen LogP contribution is 2.36. The molecule has 1 saturated carbocycles. The van der Waals surface area contributed by atoms with Crippen LogP contribution in [-0.2, 0) is 0 Å². The third-order valence-corrected chi connectivity index (χ3v) is 3.92. The molecule has 2 rings (SSSR count). The van der Waals surface area contributed by atoms with Gasteiger partial charge in [0.25, 0.3) is 0 Å². The molecule has 2 aliphatic rings. The number of nitrogens with zero attached hydrogens (tertiary/aromatic N) is 1. The van der Waals surface area contributed by atoms with E-state index in [1.807, 2.05) is 0 Å². The van der Waals surface area contributed by atoms with Crippen LogP contribution in [0.1, 0.15) is 32.6 Å². The topological polar surface area (TPSA) is 15.3 Å². The van der Waals surface area contributed by atoms with Crippen molar-refractivity contribution in [3.05, 3.63) is 0 Å². The Morgan fingerprint density at radius 2 is 2.14 bits per heavy atom. The van der Waals surface area contributed by atoms with E-state index in [0.29, 0.717) is 0 Å². The first-order chi connectivity index (χ1) is 6.81. The lowest BCUT2D eigenvalue weighted by Gasteiger charge is -2.37. The lowest BCUT2D eigenvalue weighted by Crippen LogP contribution is -2.44. The standard InChI is InChI=1S/C12H24N2/c1-10(12-5-6-12)14-7-3-4-11(9-14)8-13-2/h10-13H,3-9H2,1-2H3. The first-order valence-electron chi connectivity index (χ1n) is 6.20. The Hall–Kier alpha value is -0.0800. The molecule has 1 heterocycles. The summed E-state index contributed by atoms with van der Waals surface area (Å²) >= 11 is 0. The van der Waals surface area contributed by atoms with Crippen LogP contribution in [0.25, 0.3) is 0 Å². The molecule has 14 heavy (non-hydrogen) atoms. The third kappa shape index (κ3) is 2.48. The van der Waals surface area contributed by atoms with Crippen LogP contribution in [0.5, 0.6) is 0 Å². The van der Waals surface area contributed by atoms with E-state index in [9.17, 15) is 0 Å². The van der Waals surface area contributed by atoms with Crippen LogP contribution in [0.4, 0.5) is 0 Å². The molecule has 0 radical (unpaired) electrons. The van der Waals surface area contributed by atoms with Gasteiger partial charge in [-0.2, -0.15) is 0 Å². The van der Waals surface area contributed by atoms with Crippen molar-refractivity contribution in [3.8, 4) is 0 Å². The highest BCUT2D eigenvalue weighted by Gasteiger charge is 2.33. The van der Waals surface area contributed by atoms with Gasteiger partial charge in [0.15, 0.2) is 0 Å². The Morgan fingerprint density at radius 3 is 2.79 bits per heavy atom. The van der Waals surface area contributed by atoms with E-state index >= 15 is 0 Å². The van der Waals surface area contributed by atoms with Crippen molar-refractivity contribution < 1.29 is 0 Å². The van der Waals surface area contributed by atoms with E-state index < -0.39 is 0 Å². The highest BCUT2D eigenvalue weighted by atomic mass is 15.2. The second kappa shape index (κ2) is 4.63. The van der Waals surface area contributed by atoms with Gasteiger partial charge >= 0.3 is 0 Å². The van der Waals surface area contributed by atoms with Gasteiger partial charge in [-0.3, -0.25) is 0 Å². The van der Waals surface area contributed by atoms with Gasteiger partial charge in [-0.1, -0.05) is 0 Å². The molecule has 1 aliphatic carbocycles. The van der Waals surface area contributed by atoms with Crippen molar-refractivity contribution in [1.29, 1.82) is 0 Å². The van der Waals surface area contributed by atoms with Gasteiger partial charge < -0.3 is 10.2 Å². The molecule has 0 amide bonds. The minimum absolute atomic E-state index is 0.856. The maximum atomic E-state index is 3.32. The molecule has 2 nitrogen and oxygen atoms in total. The second-order valence-corrected chi connectivity index (χ2v) is 5.14. The molecule has 82 valence electrons. The summed E-state index contributed by atoms with van der Waals surface area (Å²) < 4.78 is 0. The van der Waals surface area contributed by atoms with E-state index in [1.165, 1.54) is 45.3 Å². The van der Waals surface area contributed by atoms with Crippen molar-refractivity contribution in [3.63, 3.8) is 0 Å². The van der Waals surface area contributed by atoms with Crippen molar-refractivity contribution >= 4 is 0 Å². The SMILES string of the molecule is CNCC1CCCN(C(C)C2CC2)C1. The van der Waals surface area contributed by atoms with E-state index in [1.54, 1.807) is 0 Å². The lowest BCUT2D eigenvalue weighted by atomic mass is 9.96. The van der Waals surface area contributed by atoms with Crippen molar-refractivity contribution in [2.75, 3.05) is 26.7 Å². The number of likely N-dealkylation sites (tertiary alicyclic amines) is 1. The Morgan fingerprint density at radius 1 is 1.36 bits per heavy atom. The molecule has 2 heteroatoms. The minimum Gasteiger partial charge on any atom is -0.319 e. The molecule has 2 atom stereocenters. The van der Waals surface area contributed by atoms with Gasteiger partial charge in [-0.25, -0.2) is 0 Å². The van der Waals surface area contributed by atoms with E-state index in [-0.39, 0.29) is 0 Å². The first kappa shape index (κ1) is 10.4. The Labute approximate surface area is 88.1 Å².